The molecule has 0 aromatic rings. The minimum atomic E-state index is -0.261. The third-order valence-electron chi connectivity index (χ3n) is 2.58. The highest BCUT2D eigenvalue weighted by Crippen LogP contribution is 2.08. The maximum Gasteiger partial charge on any atom is 0.333 e. The van der Waals surface area contributed by atoms with Crippen molar-refractivity contribution in [2.45, 2.75) is 65.2 Å². The number of ether oxygens (including phenoxy) is 1. The molecule has 19 heavy (non-hydrogen) atoms. The number of unbranched alkanes of at least 4 members (excludes halogenated alkanes) is 7. The topological polar surface area (TPSA) is 67.2 Å². The number of isocyanates is 1. The summed E-state index contributed by atoms with van der Waals surface area (Å²) in [6.07, 6.45) is 10.8. The van der Waals surface area contributed by atoms with Crippen LogP contribution in [-0.4, -0.2) is 18.7 Å². The number of rotatable bonds is 10. The fourth-order valence-corrected chi connectivity index (χ4v) is 1.52. The highest BCUT2D eigenvalue weighted by molar-refractivity contribution is 5.86. The fraction of sp³-hybridized carbons (Fsp3) is 0.733. The monoisotopic (exact) mass is 269 g/mol. The minimum absolute atomic E-state index is 0.261. The van der Waals surface area contributed by atoms with Crippen molar-refractivity contribution in [3.05, 3.63) is 12.2 Å². The van der Waals surface area contributed by atoms with E-state index in [0.29, 0.717) is 12.2 Å². The first kappa shape index (κ1) is 19.9. The molecule has 4 heteroatoms. The summed E-state index contributed by atoms with van der Waals surface area (Å²) in [4.78, 5) is 19.4. The molecule has 0 saturated carbocycles. The van der Waals surface area contributed by atoms with Gasteiger partial charge < -0.3 is 4.74 Å². The van der Waals surface area contributed by atoms with E-state index in [-0.39, 0.29) is 5.97 Å². The van der Waals surface area contributed by atoms with E-state index in [4.69, 9.17) is 14.9 Å². The van der Waals surface area contributed by atoms with E-state index in [1.54, 1.807) is 6.92 Å². The first-order chi connectivity index (χ1) is 9.09. The molecule has 0 aliphatic heterocycles. The SMILES string of the molecule is C=C(C)C(=O)OCCCCCCCCCC.N=C=O. The van der Waals surface area contributed by atoms with Crippen molar-refractivity contribution < 1.29 is 14.3 Å². The zero-order chi connectivity index (χ0) is 14.9. The van der Waals surface area contributed by atoms with E-state index < -0.39 is 0 Å². The molecule has 0 saturated heterocycles. The van der Waals surface area contributed by atoms with Gasteiger partial charge in [0.05, 0.1) is 6.61 Å². The Balaban J connectivity index is 0. The molecule has 0 amide bonds. The second kappa shape index (κ2) is 16.6. The summed E-state index contributed by atoms with van der Waals surface area (Å²) in [6.45, 7) is 7.99. The molecule has 1 N–H and O–H groups in total. The number of nitrogens with one attached hydrogen (secondary N) is 1. The Morgan fingerprint density at radius 2 is 1.53 bits per heavy atom. The molecule has 110 valence electrons. The summed E-state index contributed by atoms with van der Waals surface area (Å²) in [7, 11) is 0. The average molecular weight is 269 g/mol. The molecule has 0 heterocycles. The number of hydrogen-bond donors (Lipinski definition) is 1. The van der Waals surface area contributed by atoms with Crippen molar-refractivity contribution in [3.63, 3.8) is 0 Å². The second-order valence-electron chi connectivity index (χ2n) is 4.49. The molecule has 0 aromatic heterocycles. The third-order valence-corrected chi connectivity index (χ3v) is 2.58. The Labute approximate surface area is 116 Å². The van der Waals surface area contributed by atoms with Crippen molar-refractivity contribution >= 4 is 12.0 Å². The quantitative estimate of drug-likeness (QED) is 0.213. The Morgan fingerprint density at radius 3 is 1.95 bits per heavy atom. The molecule has 0 unspecified atom stereocenters. The van der Waals surface area contributed by atoms with Gasteiger partial charge in [-0.25, -0.2) is 15.0 Å². The van der Waals surface area contributed by atoms with Gasteiger partial charge in [0.2, 0.25) is 6.08 Å². The van der Waals surface area contributed by atoms with Gasteiger partial charge >= 0.3 is 5.97 Å². The van der Waals surface area contributed by atoms with Crippen molar-refractivity contribution in [2.75, 3.05) is 6.61 Å². The molecule has 0 aliphatic carbocycles. The number of esters is 1. The van der Waals surface area contributed by atoms with Crippen molar-refractivity contribution in [1.82, 2.24) is 0 Å². The standard InChI is InChI=1S/C14H26O2.CHNO/c1-4-5-6-7-8-9-10-11-12-16-14(15)13(2)3;2-1-3/h2,4-12H2,1,3H3;2H. The molecular weight excluding hydrogens is 242 g/mol. The molecular formula is C15H27NO3. The average Bonchev–Trinajstić information content (AvgIpc) is 2.37. The molecule has 0 radical (unpaired) electrons. The minimum Gasteiger partial charge on any atom is -0.462 e. The lowest BCUT2D eigenvalue weighted by Crippen LogP contribution is -2.05. The summed E-state index contributed by atoms with van der Waals surface area (Å²) in [5, 5.41) is 5.40. The van der Waals surface area contributed by atoms with Crippen LogP contribution in [0.2, 0.25) is 0 Å². The normalized spacial score (nSPS) is 8.95. The summed E-state index contributed by atoms with van der Waals surface area (Å²) in [5.74, 6) is -0.261. The predicted molar refractivity (Wildman–Crippen MR) is 76.8 cm³/mol. The van der Waals surface area contributed by atoms with Crippen LogP contribution in [0.3, 0.4) is 0 Å². The Morgan fingerprint density at radius 1 is 1.11 bits per heavy atom. The van der Waals surface area contributed by atoms with Crippen LogP contribution in [0.1, 0.15) is 65.2 Å². The maximum atomic E-state index is 11.0. The van der Waals surface area contributed by atoms with Crippen LogP contribution in [0, 0.1) is 5.41 Å². The van der Waals surface area contributed by atoms with Crippen LogP contribution in [-0.2, 0) is 14.3 Å². The first-order valence-corrected chi connectivity index (χ1v) is 6.96. The van der Waals surface area contributed by atoms with Crippen molar-refractivity contribution in [3.8, 4) is 0 Å². The molecule has 0 aromatic carbocycles. The van der Waals surface area contributed by atoms with Gasteiger partial charge in [-0.1, -0.05) is 58.4 Å². The van der Waals surface area contributed by atoms with Crippen LogP contribution >= 0.6 is 0 Å². The van der Waals surface area contributed by atoms with E-state index in [9.17, 15) is 4.79 Å². The zero-order valence-electron chi connectivity index (χ0n) is 12.3. The van der Waals surface area contributed by atoms with Crippen LogP contribution in [0.5, 0.6) is 0 Å². The van der Waals surface area contributed by atoms with Gasteiger partial charge in [-0.05, 0) is 13.3 Å². The van der Waals surface area contributed by atoms with E-state index in [2.05, 4.69) is 13.5 Å². The van der Waals surface area contributed by atoms with Crippen LogP contribution in [0.4, 0.5) is 0 Å². The Bertz CT molecular complexity index is 269. The summed E-state index contributed by atoms with van der Waals surface area (Å²) in [5.41, 5.74) is 0.486. The van der Waals surface area contributed by atoms with Gasteiger partial charge in [-0.15, -0.1) is 0 Å². The summed E-state index contributed by atoms with van der Waals surface area (Å²) < 4.78 is 5.01. The van der Waals surface area contributed by atoms with E-state index in [1.807, 2.05) is 0 Å². The molecule has 0 fully saturated rings. The summed E-state index contributed by atoms with van der Waals surface area (Å²) in [6, 6.07) is 0. The van der Waals surface area contributed by atoms with E-state index in [1.165, 1.54) is 38.5 Å². The van der Waals surface area contributed by atoms with Gasteiger partial charge in [0, 0.05) is 5.57 Å². The smallest absolute Gasteiger partial charge is 0.333 e. The van der Waals surface area contributed by atoms with Crippen molar-refractivity contribution in [2.24, 2.45) is 0 Å². The molecule has 0 spiro atoms. The molecule has 0 rings (SSSR count). The molecule has 0 atom stereocenters. The Kier molecular flexibility index (Phi) is 17.4. The third kappa shape index (κ3) is 19.1. The highest BCUT2D eigenvalue weighted by Gasteiger charge is 2.01. The van der Waals surface area contributed by atoms with Gasteiger partial charge in [-0.2, -0.15) is 0 Å². The number of carbonyl (C=O) groups is 1. The predicted octanol–water partition coefficient (Wildman–Crippen LogP) is 4.15. The van der Waals surface area contributed by atoms with Crippen molar-refractivity contribution in [1.29, 1.82) is 5.41 Å². The maximum absolute atomic E-state index is 11.0. The molecule has 0 aliphatic rings. The number of carbonyl (C=O) groups excluding carboxylic acids is 2. The highest BCUT2D eigenvalue weighted by atomic mass is 16.5. The lowest BCUT2D eigenvalue weighted by atomic mass is 10.1. The Hall–Kier alpha value is -1.41. The largest absolute Gasteiger partial charge is 0.462 e. The zero-order valence-corrected chi connectivity index (χ0v) is 12.3. The van der Waals surface area contributed by atoms with E-state index in [0.717, 1.165) is 18.9 Å². The van der Waals surface area contributed by atoms with Crippen LogP contribution in [0.15, 0.2) is 12.2 Å². The second-order valence-corrected chi connectivity index (χ2v) is 4.49. The van der Waals surface area contributed by atoms with Crippen LogP contribution in [0.25, 0.3) is 0 Å². The molecule has 4 nitrogen and oxygen atoms in total. The van der Waals surface area contributed by atoms with Gasteiger partial charge in [0.1, 0.15) is 0 Å². The lowest BCUT2D eigenvalue weighted by Gasteiger charge is -2.04. The van der Waals surface area contributed by atoms with Gasteiger partial charge in [0.15, 0.2) is 0 Å². The lowest BCUT2D eigenvalue weighted by molar-refractivity contribution is -0.139. The fourth-order valence-electron chi connectivity index (χ4n) is 1.52. The van der Waals surface area contributed by atoms with E-state index >= 15 is 0 Å². The first-order valence-electron chi connectivity index (χ1n) is 6.96. The summed E-state index contributed by atoms with van der Waals surface area (Å²) >= 11 is 0. The van der Waals surface area contributed by atoms with Crippen LogP contribution < -0.4 is 0 Å². The van der Waals surface area contributed by atoms with Gasteiger partial charge in [0.25, 0.3) is 0 Å². The number of hydrogen-bond acceptors (Lipinski definition) is 4. The van der Waals surface area contributed by atoms with Gasteiger partial charge in [-0.3, -0.25) is 0 Å². The molecule has 0 bridgehead atoms.